The summed E-state index contributed by atoms with van der Waals surface area (Å²) in [6.07, 6.45) is 4.85. The van der Waals surface area contributed by atoms with Crippen LogP contribution in [0.15, 0.2) is 23.6 Å². The van der Waals surface area contributed by atoms with Crippen LogP contribution in [0.4, 0.5) is 10.2 Å². The molecule has 3 rings (SSSR count). The number of thioether (sulfide) groups is 1. The number of aliphatic hydroxyl groups excluding tert-OH is 1. The number of ether oxygens (including phenoxy) is 1. The first kappa shape index (κ1) is 23.2. The Bertz CT molecular complexity index is 923. The summed E-state index contributed by atoms with van der Waals surface area (Å²) >= 11 is 2.60. The minimum atomic E-state index is -0.355. The first-order valence-corrected chi connectivity index (χ1v) is 10.9. The van der Waals surface area contributed by atoms with Gasteiger partial charge in [-0.2, -0.15) is 4.98 Å². The standard InChI is InChI=1S/C13H12FN5OS2.C6H14O/c1-6(7-3-4-16-5-8(7)14)21-12-17-10(15)9-11(18-12)19-13(20-2)22-9;1-6(2)4-3-5-7/h3-6H,1-2H3,(H2,15,17,18);6-7H,3-5H2,1-2H3. The molecule has 3 aromatic rings. The maximum absolute atomic E-state index is 13.8. The maximum Gasteiger partial charge on any atom is 0.275 e. The molecule has 1 atom stereocenters. The molecular formula is C19H26FN5O2S2. The van der Waals surface area contributed by atoms with E-state index in [4.69, 9.17) is 15.6 Å². The van der Waals surface area contributed by atoms with E-state index < -0.39 is 0 Å². The van der Waals surface area contributed by atoms with Gasteiger partial charge in [-0.05, 0) is 31.7 Å². The van der Waals surface area contributed by atoms with E-state index in [1.807, 2.05) is 6.92 Å². The summed E-state index contributed by atoms with van der Waals surface area (Å²) in [6.45, 7) is 6.54. The average molecular weight is 440 g/mol. The lowest BCUT2D eigenvalue weighted by Gasteiger charge is -2.11. The number of nitrogens with two attached hydrogens (primary N) is 1. The zero-order valence-corrected chi connectivity index (χ0v) is 18.6. The molecule has 3 N–H and O–H groups in total. The van der Waals surface area contributed by atoms with E-state index in [2.05, 4.69) is 33.8 Å². The van der Waals surface area contributed by atoms with Crippen molar-refractivity contribution in [2.75, 3.05) is 19.5 Å². The fraction of sp³-hybridized carbons (Fsp3) is 0.474. The molecule has 158 valence electrons. The Balaban J connectivity index is 0.000000370. The van der Waals surface area contributed by atoms with E-state index >= 15 is 0 Å². The molecule has 7 nitrogen and oxygen atoms in total. The van der Waals surface area contributed by atoms with Crippen LogP contribution in [0.2, 0.25) is 0 Å². The van der Waals surface area contributed by atoms with Crippen molar-refractivity contribution in [3.63, 3.8) is 0 Å². The van der Waals surface area contributed by atoms with Crippen molar-refractivity contribution < 1.29 is 14.2 Å². The molecule has 0 aliphatic carbocycles. The first-order chi connectivity index (χ1) is 13.8. The van der Waals surface area contributed by atoms with Gasteiger partial charge in [0.1, 0.15) is 16.3 Å². The molecule has 0 bridgehead atoms. The van der Waals surface area contributed by atoms with E-state index in [1.165, 1.54) is 36.4 Å². The van der Waals surface area contributed by atoms with E-state index in [-0.39, 0.29) is 11.1 Å². The van der Waals surface area contributed by atoms with Gasteiger partial charge in [-0.1, -0.05) is 36.9 Å². The number of aliphatic hydroxyl groups is 1. The van der Waals surface area contributed by atoms with Crippen LogP contribution in [0.1, 0.15) is 44.4 Å². The minimum absolute atomic E-state index is 0.180. The minimum Gasteiger partial charge on any atom is -0.473 e. The van der Waals surface area contributed by atoms with E-state index in [0.717, 1.165) is 18.8 Å². The van der Waals surface area contributed by atoms with Crippen LogP contribution < -0.4 is 10.5 Å². The second kappa shape index (κ2) is 11.2. The molecule has 3 heterocycles. The summed E-state index contributed by atoms with van der Waals surface area (Å²) in [5.41, 5.74) is 6.96. The van der Waals surface area contributed by atoms with Gasteiger partial charge in [0.15, 0.2) is 10.8 Å². The van der Waals surface area contributed by atoms with Gasteiger partial charge >= 0.3 is 0 Å². The highest BCUT2D eigenvalue weighted by Crippen LogP contribution is 2.37. The molecule has 0 amide bonds. The fourth-order valence-electron chi connectivity index (χ4n) is 2.38. The van der Waals surface area contributed by atoms with Gasteiger partial charge in [-0.15, -0.1) is 0 Å². The van der Waals surface area contributed by atoms with Crippen LogP contribution in [0.5, 0.6) is 5.19 Å². The van der Waals surface area contributed by atoms with Gasteiger partial charge in [0.2, 0.25) is 0 Å². The number of thiazole rings is 1. The second-order valence-electron chi connectivity index (χ2n) is 6.64. The van der Waals surface area contributed by atoms with Crippen molar-refractivity contribution in [3.05, 3.63) is 29.8 Å². The number of fused-ring (bicyclic) bond motifs is 1. The normalized spacial score (nSPS) is 12.0. The smallest absolute Gasteiger partial charge is 0.275 e. The molecule has 0 saturated heterocycles. The number of hydrogen-bond acceptors (Lipinski definition) is 9. The summed E-state index contributed by atoms with van der Waals surface area (Å²) in [5.74, 6) is 0.731. The Morgan fingerprint density at radius 1 is 1.28 bits per heavy atom. The van der Waals surface area contributed by atoms with Crippen LogP contribution in [0.25, 0.3) is 10.3 Å². The van der Waals surface area contributed by atoms with Crippen molar-refractivity contribution in [1.82, 2.24) is 19.9 Å². The average Bonchev–Trinajstić information content (AvgIpc) is 3.11. The van der Waals surface area contributed by atoms with E-state index in [1.54, 1.807) is 12.3 Å². The van der Waals surface area contributed by atoms with Crippen molar-refractivity contribution >= 4 is 39.3 Å². The predicted octanol–water partition coefficient (Wildman–Crippen LogP) is 4.48. The van der Waals surface area contributed by atoms with Crippen molar-refractivity contribution in [1.29, 1.82) is 0 Å². The molecule has 0 saturated carbocycles. The molecule has 29 heavy (non-hydrogen) atoms. The monoisotopic (exact) mass is 439 g/mol. The van der Waals surface area contributed by atoms with Crippen LogP contribution in [0.3, 0.4) is 0 Å². The third-order valence-corrected chi connectivity index (χ3v) is 5.91. The first-order valence-electron chi connectivity index (χ1n) is 9.20. The summed E-state index contributed by atoms with van der Waals surface area (Å²) < 4.78 is 19.5. The lowest BCUT2D eigenvalue weighted by Crippen LogP contribution is -1.99. The Labute approximate surface area is 178 Å². The summed E-state index contributed by atoms with van der Waals surface area (Å²) in [5, 5.41) is 9.06. The Morgan fingerprint density at radius 3 is 2.62 bits per heavy atom. The van der Waals surface area contributed by atoms with Gasteiger partial charge in [-0.3, -0.25) is 4.98 Å². The molecule has 1 unspecified atom stereocenters. The topological polar surface area (TPSA) is 107 Å². The number of rotatable bonds is 7. The van der Waals surface area contributed by atoms with Crippen molar-refractivity contribution in [3.8, 4) is 5.19 Å². The van der Waals surface area contributed by atoms with Gasteiger partial charge in [0.05, 0.1) is 13.3 Å². The number of halogens is 1. The molecule has 10 heteroatoms. The lowest BCUT2D eigenvalue weighted by atomic mass is 10.1. The lowest BCUT2D eigenvalue weighted by molar-refractivity contribution is 0.276. The fourth-order valence-corrected chi connectivity index (χ4v) is 4.03. The molecule has 0 fully saturated rings. The number of nitrogens with zero attached hydrogens (tertiary/aromatic N) is 4. The second-order valence-corrected chi connectivity index (χ2v) is 8.91. The number of nitrogen functional groups attached to an aromatic ring is 1. The van der Waals surface area contributed by atoms with Crippen LogP contribution >= 0.6 is 23.1 Å². The molecule has 0 spiro atoms. The van der Waals surface area contributed by atoms with E-state index in [0.29, 0.717) is 38.7 Å². The number of pyridine rings is 1. The third kappa shape index (κ3) is 6.76. The Kier molecular flexibility index (Phi) is 8.99. The molecular weight excluding hydrogens is 413 g/mol. The molecule has 0 radical (unpaired) electrons. The number of anilines is 1. The zero-order chi connectivity index (χ0) is 21.4. The van der Waals surface area contributed by atoms with Crippen LogP contribution in [0, 0.1) is 11.7 Å². The molecule has 0 aliphatic heterocycles. The molecule has 0 aliphatic rings. The summed E-state index contributed by atoms with van der Waals surface area (Å²) in [7, 11) is 1.53. The van der Waals surface area contributed by atoms with Crippen LogP contribution in [-0.2, 0) is 0 Å². The molecule has 0 aromatic carbocycles. The maximum atomic E-state index is 13.8. The Morgan fingerprint density at radius 2 is 2.03 bits per heavy atom. The largest absolute Gasteiger partial charge is 0.473 e. The quantitative estimate of drug-likeness (QED) is 0.410. The van der Waals surface area contributed by atoms with Crippen molar-refractivity contribution in [2.45, 2.75) is 44.0 Å². The Hall–Kier alpha value is -2.04. The summed E-state index contributed by atoms with van der Waals surface area (Å²) in [4.78, 5) is 16.6. The van der Waals surface area contributed by atoms with Gasteiger partial charge in [0, 0.05) is 23.6 Å². The third-order valence-electron chi connectivity index (χ3n) is 3.88. The summed E-state index contributed by atoms with van der Waals surface area (Å²) in [6, 6.07) is 1.64. The molecule has 3 aromatic heterocycles. The highest BCUT2D eigenvalue weighted by atomic mass is 32.2. The van der Waals surface area contributed by atoms with E-state index in [9.17, 15) is 4.39 Å². The van der Waals surface area contributed by atoms with Gasteiger partial charge in [-0.25, -0.2) is 14.4 Å². The van der Waals surface area contributed by atoms with Crippen molar-refractivity contribution in [2.24, 2.45) is 5.92 Å². The SMILES string of the molecule is CC(C)CCCO.COc1nc2nc(SC(C)c3ccncc3F)nc(N)c2s1. The zero-order valence-electron chi connectivity index (χ0n) is 16.9. The highest BCUT2D eigenvalue weighted by molar-refractivity contribution is 7.99. The number of methoxy groups -OCH3 is 1. The van der Waals surface area contributed by atoms with Crippen LogP contribution in [-0.4, -0.2) is 38.8 Å². The number of hydrogen-bond donors (Lipinski definition) is 2. The predicted molar refractivity (Wildman–Crippen MR) is 116 cm³/mol. The van der Waals surface area contributed by atoms with Gasteiger partial charge in [0.25, 0.3) is 5.19 Å². The number of aromatic nitrogens is 4. The highest BCUT2D eigenvalue weighted by Gasteiger charge is 2.17. The van der Waals surface area contributed by atoms with Gasteiger partial charge < -0.3 is 15.6 Å².